The van der Waals surface area contributed by atoms with E-state index in [0.717, 1.165) is 4.68 Å². The molecule has 0 spiro atoms. The van der Waals surface area contributed by atoms with Crippen LogP contribution in [0.4, 0.5) is 10.1 Å². The normalized spacial score (nSPS) is 11.3. The Hall–Kier alpha value is -3.37. The molecule has 3 rings (SSSR count). The van der Waals surface area contributed by atoms with Gasteiger partial charge in [-0.3, -0.25) is 9.59 Å². The van der Waals surface area contributed by atoms with Crippen LogP contribution >= 0.6 is 0 Å². The van der Waals surface area contributed by atoms with Crippen LogP contribution < -0.4 is 15.5 Å². The summed E-state index contributed by atoms with van der Waals surface area (Å²) in [6, 6.07) is 11.3. The number of para-hydroxylation sites is 1. The van der Waals surface area contributed by atoms with E-state index >= 15 is 0 Å². The van der Waals surface area contributed by atoms with E-state index in [1.54, 1.807) is 19.9 Å². The lowest BCUT2D eigenvalue weighted by Crippen LogP contribution is -2.27. The minimum Gasteiger partial charge on any atom is -0.320 e. The standard InChI is InChI=1S/C20H19FN4O4S/c1-12-8-9-14(11-18(12)30(28,29)22-3)23-20(27)19-17(26)10-13(2)25(24-19)16-7-5-4-6-15(16)21/h4-11,22H,1-3H3,(H,23,27). The SMILES string of the molecule is CNS(=O)(=O)c1cc(NC(=O)c2nn(-c3ccccc3F)c(C)cc2=O)ccc1C. The summed E-state index contributed by atoms with van der Waals surface area (Å²) in [6.45, 7) is 3.18. The van der Waals surface area contributed by atoms with Crippen LogP contribution in [-0.4, -0.2) is 31.2 Å². The minimum atomic E-state index is -3.74. The number of carbonyl (C=O) groups is 1. The first kappa shape index (κ1) is 21.3. The van der Waals surface area contributed by atoms with E-state index in [2.05, 4.69) is 15.1 Å². The lowest BCUT2D eigenvalue weighted by atomic mass is 10.2. The fourth-order valence-electron chi connectivity index (χ4n) is 2.84. The lowest BCUT2D eigenvalue weighted by molar-refractivity contribution is 0.101. The molecule has 10 heteroatoms. The minimum absolute atomic E-state index is 0.0107. The maximum Gasteiger partial charge on any atom is 0.280 e. The molecule has 1 heterocycles. The summed E-state index contributed by atoms with van der Waals surface area (Å²) in [4.78, 5) is 25.0. The second-order valence-electron chi connectivity index (χ2n) is 6.50. The molecule has 0 saturated heterocycles. The second kappa shape index (κ2) is 8.17. The first-order chi connectivity index (χ1) is 14.1. The van der Waals surface area contributed by atoms with Gasteiger partial charge in [-0.15, -0.1) is 0 Å². The Morgan fingerprint density at radius 1 is 1.10 bits per heavy atom. The van der Waals surface area contributed by atoms with Gasteiger partial charge < -0.3 is 5.32 Å². The van der Waals surface area contributed by atoms with Crippen molar-refractivity contribution in [2.75, 3.05) is 12.4 Å². The van der Waals surface area contributed by atoms with Crippen molar-refractivity contribution in [2.45, 2.75) is 18.7 Å². The van der Waals surface area contributed by atoms with Gasteiger partial charge in [0.05, 0.1) is 4.90 Å². The molecule has 1 aromatic heterocycles. The van der Waals surface area contributed by atoms with Gasteiger partial charge in [-0.05, 0) is 50.7 Å². The Morgan fingerprint density at radius 3 is 2.47 bits per heavy atom. The molecule has 2 N–H and O–H groups in total. The van der Waals surface area contributed by atoms with E-state index in [4.69, 9.17) is 0 Å². The first-order valence-electron chi connectivity index (χ1n) is 8.85. The van der Waals surface area contributed by atoms with E-state index in [1.807, 2.05) is 0 Å². The number of sulfonamides is 1. The fraction of sp³-hybridized carbons (Fsp3) is 0.150. The molecule has 0 aliphatic rings. The third kappa shape index (κ3) is 4.14. The Labute approximate surface area is 172 Å². The zero-order valence-electron chi connectivity index (χ0n) is 16.4. The van der Waals surface area contributed by atoms with Gasteiger partial charge in [0.15, 0.2) is 5.69 Å². The number of amides is 1. The van der Waals surface area contributed by atoms with E-state index < -0.39 is 32.9 Å². The number of benzene rings is 2. The van der Waals surface area contributed by atoms with Gasteiger partial charge in [0.25, 0.3) is 5.91 Å². The summed E-state index contributed by atoms with van der Waals surface area (Å²) in [5.74, 6) is -1.41. The van der Waals surface area contributed by atoms with Crippen LogP contribution in [0, 0.1) is 19.7 Å². The number of anilines is 1. The van der Waals surface area contributed by atoms with Crippen molar-refractivity contribution >= 4 is 21.6 Å². The quantitative estimate of drug-likeness (QED) is 0.645. The van der Waals surface area contributed by atoms with Gasteiger partial charge >= 0.3 is 0 Å². The molecule has 0 aliphatic heterocycles. The first-order valence-corrected chi connectivity index (χ1v) is 10.3. The van der Waals surface area contributed by atoms with Crippen molar-refractivity contribution in [3.8, 4) is 5.69 Å². The van der Waals surface area contributed by atoms with Crippen molar-refractivity contribution in [2.24, 2.45) is 0 Å². The van der Waals surface area contributed by atoms with Gasteiger partial charge in [0.2, 0.25) is 15.5 Å². The van der Waals surface area contributed by atoms with E-state index in [-0.39, 0.29) is 16.3 Å². The summed E-state index contributed by atoms with van der Waals surface area (Å²) in [5.41, 5.74) is -0.0206. The number of nitrogens with zero attached hydrogens (tertiary/aromatic N) is 2. The number of rotatable bonds is 5. The predicted molar refractivity (Wildman–Crippen MR) is 110 cm³/mol. The van der Waals surface area contributed by atoms with Crippen LogP contribution in [0.3, 0.4) is 0 Å². The van der Waals surface area contributed by atoms with Crippen LogP contribution in [0.2, 0.25) is 0 Å². The molecular formula is C20H19FN4O4S. The second-order valence-corrected chi connectivity index (χ2v) is 8.36. The summed E-state index contributed by atoms with van der Waals surface area (Å²) in [7, 11) is -2.46. The Kier molecular flexibility index (Phi) is 5.81. The monoisotopic (exact) mass is 430 g/mol. The van der Waals surface area contributed by atoms with Gasteiger partial charge in [-0.25, -0.2) is 22.2 Å². The van der Waals surface area contributed by atoms with Crippen molar-refractivity contribution in [3.05, 3.63) is 81.5 Å². The summed E-state index contributed by atoms with van der Waals surface area (Å²) in [6.07, 6.45) is 0. The molecule has 0 fully saturated rings. The van der Waals surface area contributed by atoms with E-state index in [9.17, 15) is 22.4 Å². The topological polar surface area (TPSA) is 110 Å². The summed E-state index contributed by atoms with van der Waals surface area (Å²) in [5, 5.41) is 6.50. The molecule has 3 aromatic rings. The van der Waals surface area contributed by atoms with Gasteiger partial charge in [0.1, 0.15) is 11.5 Å². The maximum absolute atomic E-state index is 14.2. The number of hydrogen-bond acceptors (Lipinski definition) is 5. The van der Waals surface area contributed by atoms with Crippen molar-refractivity contribution < 1.29 is 17.6 Å². The summed E-state index contributed by atoms with van der Waals surface area (Å²) < 4.78 is 41.8. The molecule has 0 atom stereocenters. The highest BCUT2D eigenvalue weighted by Gasteiger charge is 2.19. The third-order valence-electron chi connectivity index (χ3n) is 4.41. The largest absolute Gasteiger partial charge is 0.320 e. The Balaban J connectivity index is 2.01. The predicted octanol–water partition coefficient (Wildman–Crippen LogP) is 2.15. The highest BCUT2D eigenvalue weighted by molar-refractivity contribution is 7.89. The van der Waals surface area contributed by atoms with Crippen LogP contribution in [0.1, 0.15) is 21.7 Å². The highest BCUT2D eigenvalue weighted by atomic mass is 32.2. The van der Waals surface area contributed by atoms with Gasteiger partial charge in [-0.1, -0.05) is 18.2 Å². The molecule has 0 unspecified atom stereocenters. The average molecular weight is 430 g/mol. The van der Waals surface area contributed by atoms with Crippen molar-refractivity contribution in [1.29, 1.82) is 0 Å². The molecule has 0 aliphatic carbocycles. The maximum atomic E-state index is 14.2. The van der Waals surface area contributed by atoms with Gasteiger partial charge in [-0.2, -0.15) is 5.10 Å². The number of carbonyl (C=O) groups excluding carboxylic acids is 1. The zero-order chi connectivity index (χ0) is 22.1. The molecule has 8 nitrogen and oxygen atoms in total. The number of halogens is 1. The molecule has 2 aromatic carbocycles. The Bertz CT molecular complexity index is 1300. The number of hydrogen-bond donors (Lipinski definition) is 2. The van der Waals surface area contributed by atoms with Crippen LogP contribution in [-0.2, 0) is 10.0 Å². The molecule has 156 valence electrons. The van der Waals surface area contributed by atoms with Gasteiger partial charge in [0, 0.05) is 17.4 Å². The third-order valence-corrected chi connectivity index (χ3v) is 5.96. The van der Waals surface area contributed by atoms with E-state index in [1.165, 1.54) is 49.5 Å². The Morgan fingerprint density at radius 2 is 1.80 bits per heavy atom. The fourth-order valence-corrected chi connectivity index (χ4v) is 3.83. The molecular weight excluding hydrogens is 411 g/mol. The van der Waals surface area contributed by atoms with Crippen LogP contribution in [0.15, 0.2) is 58.2 Å². The lowest BCUT2D eigenvalue weighted by Gasteiger charge is -2.13. The van der Waals surface area contributed by atoms with E-state index in [0.29, 0.717) is 11.3 Å². The number of nitrogens with one attached hydrogen (secondary N) is 2. The number of aromatic nitrogens is 2. The molecule has 0 saturated carbocycles. The number of aryl methyl sites for hydroxylation is 2. The average Bonchev–Trinajstić information content (AvgIpc) is 2.70. The molecule has 0 radical (unpaired) electrons. The van der Waals surface area contributed by atoms with Crippen LogP contribution in [0.5, 0.6) is 0 Å². The molecule has 0 bridgehead atoms. The van der Waals surface area contributed by atoms with Crippen molar-refractivity contribution in [3.63, 3.8) is 0 Å². The zero-order valence-corrected chi connectivity index (χ0v) is 17.2. The molecule has 1 amide bonds. The van der Waals surface area contributed by atoms with Crippen molar-refractivity contribution in [1.82, 2.24) is 14.5 Å². The van der Waals surface area contributed by atoms with Crippen LogP contribution in [0.25, 0.3) is 5.69 Å². The summed E-state index contributed by atoms with van der Waals surface area (Å²) >= 11 is 0. The molecule has 30 heavy (non-hydrogen) atoms. The smallest absolute Gasteiger partial charge is 0.280 e. The highest BCUT2D eigenvalue weighted by Crippen LogP contribution is 2.20.